The Morgan fingerprint density at radius 1 is 0.966 bits per heavy atom. The number of carbonyl (C=O) groups is 1. The largest absolute Gasteiger partial charge is 0.382 e. The molecule has 6 heteroatoms. The Kier molecular flexibility index (Phi) is 8.37. The molecule has 0 bridgehead atoms. The van der Waals surface area contributed by atoms with Gasteiger partial charge in [-0.3, -0.25) is 9.79 Å². The van der Waals surface area contributed by atoms with Crippen LogP contribution in [0, 0.1) is 0 Å². The molecule has 0 aromatic heterocycles. The SMILES string of the molecule is COCCOCCOCCNC(=O)c1ccc(C2=NCCc3ccccc32)cc1. The lowest BCUT2D eigenvalue weighted by Gasteiger charge is -2.17. The molecule has 0 atom stereocenters. The van der Waals surface area contributed by atoms with Crippen LogP contribution in [-0.2, 0) is 20.6 Å². The monoisotopic (exact) mass is 396 g/mol. The average molecular weight is 396 g/mol. The number of carbonyl (C=O) groups excluding carboxylic acids is 1. The van der Waals surface area contributed by atoms with Gasteiger partial charge in [-0.15, -0.1) is 0 Å². The minimum Gasteiger partial charge on any atom is -0.382 e. The van der Waals surface area contributed by atoms with Crippen LogP contribution in [0.4, 0.5) is 0 Å². The summed E-state index contributed by atoms with van der Waals surface area (Å²) in [6, 6.07) is 16.0. The van der Waals surface area contributed by atoms with E-state index in [1.807, 2.05) is 30.3 Å². The molecule has 1 aliphatic rings. The summed E-state index contributed by atoms with van der Waals surface area (Å²) in [5.41, 5.74) is 5.16. The van der Waals surface area contributed by atoms with Crippen molar-refractivity contribution in [1.82, 2.24) is 5.32 Å². The van der Waals surface area contributed by atoms with E-state index >= 15 is 0 Å². The van der Waals surface area contributed by atoms with Crippen LogP contribution in [0.5, 0.6) is 0 Å². The maximum atomic E-state index is 12.3. The van der Waals surface area contributed by atoms with Crippen molar-refractivity contribution in [2.75, 3.05) is 53.2 Å². The van der Waals surface area contributed by atoms with Crippen LogP contribution >= 0.6 is 0 Å². The fourth-order valence-corrected chi connectivity index (χ4v) is 3.17. The molecule has 6 nitrogen and oxygen atoms in total. The molecule has 0 saturated carbocycles. The van der Waals surface area contributed by atoms with Gasteiger partial charge in [0.25, 0.3) is 5.91 Å². The molecule has 2 aromatic rings. The number of hydrogen-bond donors (Lipinski definition) is 1. The number of methoxy groups -OCH3 is 1. The van der Waals surface area contributed by atoms with Crippen molar-refractivity contribution in [3.05, 3.63) is 70.8 Å². The van der Waals surface area contributed by atoms with Gasteiger partial charge >= 0.3 is 0 Å². The van der Waals surface area contributed by atoms with Crippen molar-refractivity contribution in [2.24, 2.45) is 4.99 Å². The third-order valence-electron chi connectivity index (χ3n) is 4.68. The van der Waals surface area contributed by atoms with E-state index in [1.165, 1.54) is 11.1 Å². The second-order valence-electron chi connectivity index (χ2n) is 6.69. The normalized spacial score (nSPS) is 12.9. The molecule has 154 valence electrons. The Bertz CT molecular complexity index is 818. The molecule has 0 radical (unpaired) electrons. The quantitative estimate of drug-likeness (QED) is 0.593. The van der Waals surface area contributed by atoms with Gasteiger partial charge in [-0.05, 0) is 24.1 Å². The van der Waals surface area contributed by atoms with Crippen LogP contribution in [0.3, 0.4) is 0 Å². The molecule has 0 aliphatic carbocycles. The van der Waals surface area contributed by atoms with Gasteiger partial charge in [0.2, 0.25) is 0 Å². The molecule has 1 heterocycles. The molecular formula is C23H28N2O4. The number of nitrogens with zero attached hydrogens (tertiary/aromatic N) is 1. The molecule has 0 spiro atoms. The first-order valence-electron chi connectivity index (χ1n) is 9.95. The molecule has 0 unspecified atom stereocenters. The Morgan fingerprint density at radius 2 is 1.69 bits per heavy atom. The van der Waals surface area contributed by atoms with Crippen LogP contribution in [0.25, 0.3) is 0 Å². The van der Waals surface area contributed by atoms with Gasteiger partial charge in [0.05, 0.1) is 38.7 Å². The molecule has 1 N–H and O–H groups in total. The van der Waals surface area contributed by atoms with Crippen LogP contribution in [0.1, 0.15) is 27.0 Å². The lowest BCUT2D eigenvalue weighted by atomic mass is 9.93. The summed E-state index contributed by atoms with van der Waals surface area (Å²) in [7, 11) is 1.64. The first kappa shape index (κ1) is 21.2. The summed E-state index contributed by atoms with van der Waals surface area (Å²) in [6.07, 6.45) is 0.974. The fraction of sp³-hybridized carbons (Fsp3) is 0.391. The first-order chi connectivity index (χ1) is 14.3. The molecule has 0 fully saturated rings. The van der Waals surface area contributed by atoms with E-state index in [-0.39, 0.29) is 5.91 Å². The zero-order valence-corrected chi connectivity index (χ0v) is 16.9. The number of fused-ring (bicyclic) bond motifs is 1. The Labute approximate surface area is 171 Å². The number of benzene rings is 2. The Hall–Kier alpha value is -2.54. The highest BCUT2D eigenvalue weighted by Crippen LogP contribution is 2.20. The van der Waals surface area contributed by atoms with Crippen molar-refractivity contribution < 1.29 is 19.0 Å². The summed E-state index contributed by atoms with van der Waals surface area (Å²) in [5.74, 6) is -0.109. The Balaban J connectivity index is 1.43. The van der Waals surface area contributed by atoms with Gasteiger partial charge in [0.15, 0.2) is 0 Å². The minimum atomic E-state index is -0.109. The topological polar surface area (TPSA) is 69.2 Å². The summed E-state index contributed by atoms with van der Waals surface area (Å²) in [6.45, 7) is 3.86. The van der Waals surface area contributed by atoms with Gasteiger partial charge in [-0.2, -0.15) is 0 Å². The smallest absolute Gasteiger partial charge is 0.251 e. The number of hydrogen-bond acceptors (Lipinski definition) is 5. The lowest BCUT2D eigenvalue weighted by molar-refractivity contribution is 0.0255. The van der Waals surface area contributed by atoms with E-state index in [0.29, 0.717) is 45.1 Å². The minimum absolute atomic E-state index is 0.109. The number of amides is 1. The molecular weight excluding hydrogens is 368 g/mol. The predicted molar refractivity (Wildman–Crippen MR) is 113 cm³/mol. The second-order valence-corrected chi connectivity index (χ2v) is 6.69. The first-order valence-corrected chi connectivity index (χ1v) is 9.95. The van der Waals surface area contributed by atoms with Crippen molar-refractivity contribution >= 4 is 11.6 Å². The lowest BCUT2D eigenvalue weighted by Crippen LogP contribution is -2.27. The summed E-state index contributed by atoms with van der Waals surface area (Å²) >= 11 is 0. The summed E-state index contributed by atoms with van der Waals surface area (Å²) in [5, 5.41) is 2.87. The van der Waals surface area contributed by atoms with Crippen LogP contribution in [0.2, 0.25) is 0 Å². The van der Waals surface area contributed by atoms with Gasteiger partial charge in [-0.1, -0.05) is 36.4 Å². The average Bonchev–Trinajstić information content (AvgIpc) is 2.77. The highest BCUT2D eigenvalue weighted by Gasteiger charge is 2.15. The van der Waals surface area contributed by atoms with Gasteiger partial charge < -0.3 is 19.5 Å². The van der Waals surface area contributed by atoms with Crippen LogP contribution in [-0.4, -0.2) is 64.9 Å². The number of ether oxygens (including phenoxy) is 3. The highest BCUT2D eigenvalue weighted by atomic mass is 16.5. The molecule has 29 heavy (non-hydrogen) atoms. The van der Waals surface area contributed by atoms with Crippen LogP contribution < -0.4 is 5.32 Å². The van der Waals surface area contributed by atoms with Gasteiger partial charge in [-0.25, -0.2) is 0 Å². The maximum absolute atomic E-state index is 12.3. The molecule has 1 amide bonds. The third kappa shape index (κ3) is 6.22. The number of aliphatic imine (C=N–C) groups is 1. The van der Waals surface area contributed by atoms with Crippen molar-refractivity contribution in [3.8, 4) is 0 Å². The van der Waals surface area contributed by atoms with Gasteiger partial charge in [0.1, 0.15) is 0 Å². The third-order valence-corrected chi connectivity index (χ3v) is 4.68. The maximum Gasteiger partial charge on any atom is 0.251 e. The van der Waals surface area contributed by atoms with E-state index < -0.39 is 0 Å². The van der Waals surface area contributed by atoms with E-state index in [2.05, 4.69) is 23.5 Å². The number of rotatable bonds is 11. The van der Waals surface area contributed by atoms with E-state index in [4.69, 9.17) is 19.2 Å². The zero-order chi connectivity index (χ0) is 20.3. The molecule has 1 aliphatic heterocycles. The van der Waals surface area contributed by atoms with Crippen LogP contribution in [0.15, 0.2) is 53.5 Å². The van der Waals surface area contributed by atoms with E-state index in [0.717, 1.165) is 24.2 Å². The fourth-order valence-electron chi connectivity index (χ4n) is 3.17. The number of nitrogens with one attached hydrogen (secondary N) is 1. The van der Waals surface area contributed by atoms with E-state index in [9.17, 15) is 4.79 Å². The summed E-state index contributed by atoms with van der Waals surface area (Å²) < 4.78 is 15.6. The van der Waals surface area contributed by atoms with Gasteiger partial charge in [0, 0.05) is 36.9 Å². The Morgan fingerprint density at radius 3 is 2.48 bits per heavy atom. The standard InChI is InChI=1S/C23H28N2O4/c1-27-14-15-29-17-16-28-13-12-25-23(26)20-8-6-19(7-9-20)22-21-5-3-2-4-18(21)10-11-24-22/h2-9H,10-17H2,1H3,(H,25,26). The van der Waals surface area contributed by atoms with Crippen molar-refractivity contribution in [1.29, 1.82) is 0 Å². The highest BCUT2D eigenvalue weighted by molar-refractivity contribution is 6.14. The van der Waals surface area contributed by atoms with Crippen molar-refractivity contribution in [3.63, 3.8) is 0 Å². The second kappa shape index (κ2) is 11.5. The van der Waals surface area contributed by atoms with E-state index in [1.54, 1.807) is 7.11 Å². The molecule has 0 saturated heterocycles. The summed E-state index contributed by atoms with van der Waals surface area (Å²) in [4.78, 5) is 17.0. The predicted octanol–water partition coefficient (Wildman–Crippen LogP) is 2.49. The van der Waals surface area contributed by atoms with Crippen molar-refractivity contribution in [2.45, 2.75) is 6.42 Å². The zero-order valence-electron chi connectivity index (χ0n) is 16.9. The molecule has 3 rings (SSSR count). The molecule has 2 aromatic carbocycles.